The molecule has 0 unspecified atom stereocenters. The second kappa shape index (κ2) is 5.77. The van der Waals surface area contributed by atoms with E-state index < -0.39 is 10.0 Å². The first-order valence-corrected chi connectivity index (χ1v) is 7.14. The Morgan fingerprint density at radius 3 is 2.60 bits per heavy atom. The van der Waals surface area contributed by atoms with E-state index >= 15 is 0 Å². The van der Waals surface area contributed by atoms with E-state index in [-0.39, 0.29) is 17.5 Å². The second-order valence-electron chi connectivity index (χ2n) is 3.88. The van der Waals surface area contributed by atoms with Crippen LogP contribution in [0.15, 0.2) is 39.8 Å². The van der Waals surface area contributed by atoms with Crippen LogP contribution >= 0.6 is 0 Å². The number of aryl methyl sites for hydroxylation is 1. The van der Waals surface area contributed by atoms with E-state index in [1.807, 2.05) is 0 Å². The van der Waals surface area contributed by atoms with E-state index in [2.05, 4.69) is 21.5 Å². The molecule has 0 radical (unpaired) electrons. The number of rotatable bonds is 3. The van der Waals surface area contributed by atoms with E-state index in [1.54, 1.807) is 19.1 Å². The van der Waals surface area contributed by atoms with Crippen LogP contribution in [0.25, 0.3) is 0 Å². The van der Waals surface area contributed by atoms with Gasteiger partial charge in [0.15, 0.2) is 0 Å². The van der Waals surface area contributed by atoms with Crippen LogP contribution in [0.5, 0.6) is 0 Å². The van der Waals surface area contributed by atoms with Crippen LogP contribution in [0.1, 0.15) is 11.3 Å². The average Bonchev–Trinajstić information content (AvgIpc) is 2.81. The van der Waals surface area contributed by atoms with Crippen LogP contribution in [-0.4, -0.2) is 25.1 Å². The van der Waals surface area contributed by atoms with Gasteiger partial charge in [-0.15, -0.1) is 0 Å². The Labute approximate surface area is 116 Å². The first-order chi connectivity index (χ1) is 9.51. The van der Waals surface area contributed by atoms with Gasteiger partial charge in [-0.2, -0.15) is 4.98 Å². The van der Waals surface area contributed by atoms with Crippen LogP contribution in [0, 0.1) is 18.8 Å². The fourth-order valence-corrected chi connectivity index (χ4v) is 2.37. The van der Waals surface area contributed by atoms with Gasteiger partial charge in [0.25, 0.3) is 10.0 Å². The van der Waals surface area contributed by atoms with Gasteiger partial charge in [-0.1, -0.05) is 11.8 Å². The molecule has 0 aliphatic heterocycles. The van der Waals surface area contributed by atoms with Crippen LogP contribution in [0.3, 0.4) is 0 Å². The monoisotopic (exact) mass is 292 g/mol. The molecule has 1 heterocycles. The SMILES string of the molecule is Cc1coc(NS(=O)(=O)c2ccc(C#CCO)cc2)n1. The number of hydrogen-bond donors (Lipinski definition) is 2. The molecular formula is C13H12N2O4S. The van der Waals surface area contributed by atoms with Gasteiger partial charge in [0.05, 0.1) is 10.6 Å². The molecule has 0 spiro atoms. The Hall–Kier alpha value is -2.30. The molecular weight excluding hydrogens is 280 g/mol. The standard InChI is InChI=1S/C13H12N2O4S/c1-10-9-19-13(14-10)15-20(17,18)12-6-4-11(5-7-12)3-2-8-16/h4-7,9,16H,8H2,1H3,(H,14,15). The Kier molecular flexibility index (Phi) is 4.08. The van der Waals surface area contributed by atoms with Crippen molar-refractivity contribution in [2.24, 2.45) is 0 Å². The van der Waals surface area contributed by atoms with Crippen molar-refractivity contribution in [1.82, 2.24) is 4.98 Å². The van der Waals surface area contributed by atoms with Crippen molar-refractivity contribution in [3.05, 3.63) is 41.8 Å². The Morgan fingerprint density at radius 2 is 2.05 bits per heavy atom. The summed E-state index contributed by atoms with van der Waals surface area (Å²) < 4.78 is 31.3. The molecule has 2 rings (SSSR count). The number of sulfonamides is 1. The molecule has 0 saturated carbocycles. The summed E-state index contributed by atoms with van der Waals surface area (Å²) in [6, 6.07) is 5.86. The smallest absolute Gasteiger partial charge is 0.309 e. The molecule has 2 N–H and O–H groups in total. The van der Waals surface area contributed by atoms with Gasteiger partial charge in [-0.3, -0.25) is 0 Å². The molecule has 0 bridgehead atoms. The van der Waals surface area contributed by atoms with Crippen molar-refractivity contribution < 1.29 is 17.9 Å². The summed E-state index contributed by atoms with van der Waals surface area (Å²) in [5, 5.41) is 8.58. The number of aliphatic hydroxyl groups is 1. The normalized spacial score (nSPS) is 10.7. The zero-order chi connectivity index (χ0) is 14.6. The lowest BCUT2D eigenvalue weighted by Gasteiger charge is -2.04. The van der Waals surface area contributed by atoms with Crippen molar-refractivity contribution in [1.29, 1.82) is 0 Å². The number of nitrogens with one attached hydrogen (secondary N) is 1. The van der Waals surface area contributed by atoms with Crippen molar-refractivity contribution >= 4 is 16.0 Å². The predicted molar refractivity (Wildman–Crippen MR) is 72.5 cm³/mol. The minimum Gasteiger partial charge on any atom is -0.431 e. The molecule has 1 aromatic carbocycles. The lowest BCUT2D eigenvalue weighted by Crippen LogP contribution is -2.13. The van der Waals surface area contributed by atoms with E-state index in [0.29, 0.717) is 11.3 Å². The lowest BCUT2D eigenvalue weighted by molar-refractivity contribution is 0.350. The number of oxazole rings is 1. The van der Waals surface area contributed by atoms with Crippen LogP contribution in [0.2, 0.25) is 0 Å². The minimum atomic E-state index is -3.74. The van der Waals surface area contributed by atoms with Crippen LogP contribution in [-0.2, 0) is 10.0 Å². The van der Waals surface area contributed by atoms with Crippen LogP contribution < -0.4 is 4.72 Å². The number of hydrogen-bond acceptors (Lipinski definition) is 5. The minimum absolute atomic E-state index is 0.0721. The topological polar surface area (TPSA) is 92.4 Å². The van der Waals surface area contributed by atoms with Gasteiger partial charge in [0.2, 0.25) is 0 Å². The zero-order valence-corrected chi connectivity index (χ0v) is 11.4. The zero-order valence-electron chi connectivity index (χ0n) is 10.6. The summed E-state index contributed by atoms with van der Waals surface area (Å²) in [6.45, 7) is 1.45. The molecule has 0 aliphatic carbocycles. The lowest BCUT2D eigenvalue weighted by atomic mass is 10.2. The molecule has 0 aliphatic rings. The van der Waals surface area contributed by atoms with E-state index in [1.165, 1.54) is 18.4 Å². The maximum Gasteiger partial charge on any atom is 0.309 e. The van der Waals surface area contributed by atoms with Crippen molar-refractivity contribution in [3.8, 4) is 11.8 Å². The molecule has 0 amide bonds. The fraction of sp³-hybridized carbons (Fsp3) is 0.154. The third-order valence-electron chi connectivity index (χ3n) is 2.32. The van der Waals surface area contributed by atoms with Crippen molar-refractivity contribution in [2.45, 2.75) is 11.8 Å². The van der Waals surface area contributed by atoms with Gasteiger partial charge in [-0.05, 0) is 31.2 Å². The third-order valence-corrected chi connectivity index (χ3v) is 3.65. The van der Waals surface area contributed by atoms with Crippen molar-refractivity contribution in [2.75, 3.05) is 11.3 Å². The number of aromatic nitrogens is 1. The molecule has 20 heavy (non-hydrogen) atoms. The molecule has 0 fully saturated rings. The number of nitrogens with zero attached hydrogens (tertiary/aromatic N) is 1. The van der Waals surface area contributed by atoms with Gasteiger partial charge in [-0.25, -0.2) is 13.1 Å². The molecule has 1 aromatic heterocycles. The molecule has 0 saturated heterocycles. The number of anilines is 1. The second-order valence-corrected chi connectivity index (χ2v) is 5.57. The van der Waals surface area contributed by atoms with E-state index in [4.69, 9.17) is 9.52 Å². The van der Waals surface area contributed by atoms with Crippen molar-refractivity contribution in [3.63, 3.8) is 0 Å². The number of benzene rings is 1. The summed E-state index contributed by atoms with van der Waals surface area (Å²) in [5.74, 6) is 5.16. The first-order valence-electron chi connectivity index (χ1n) is 5.66. The quantitative estimate of drug-likeness (QED) is 0.827. The summed E-state index contributed by atoms with van der Waals surface area (Å²) in [5.41, 5.74) is 1.20. The fourth-order valence-electron chi connectivity index (χ4n) is 1.43. The van der Waals surface area contributed by atoms with E-state index in [9.17, 15) is 8.42 Å². The van der Waals surface area contributed by atoms with Gasteiger partial charge >= 0.3 is 6.01 Å². The highest BCUT2D eigenvalue weighted by atomic mass is 32.2. The largest absolute Gasteiger partial charge is 0.431 e. The molecule has 2 aromatic rings. The maximum atomic E-state index is 12.0. The summed E-state index contributed by atoms with van der Waals surface area (Å²) in [4.78, 5) is 3.94. The Bertz CT molecular complexity index is 752. The molecule has 0 atom stereocenters. The molecule has 104 valence electrons. The van der Waals surface area contributed by atoms with Gasteiger partial charge < -0.3 is 9.52 Å². The highest BCUT2D eigenvalue weighted by Gasteiger charge is 2.16. The van der Waals surface area contributed by atoms with Gasteiger partial charge in [0.1, 0.15) is 12.9 Å². The summed E-state index contributed by atoms with van der Waals surface area (Å²) in [7, 11) is -3.74. The molecule has 6 nitrogen and oxygen atoms in total. The van der Waals surface area contributed by atoms with Gasteiger partial charge in [0, 0.05) is 5.56 Å². The van der Waals surface area contributed by atoms with E-state index in [0.717, 1.165) is 0 Å². The maximum absolute atomic E-state index is 12.0. The Balaban J connectivity index is 2.21. The first kappa shape index (κ1) is 14.1. The average molecular weight is 292 g/mol. The Morgan fingerprint density at radius 1 is 1.35 bits per heavy atom. The number of aliphatic hydroxyl groups excluding tert-OH is 1. The highest BCUT2D eigenvalue weighted by Crippen LogP contribution is 2.15. The highest BCUT2D eigenvalue weighted by molar-refractivity contribution is 7.92. The summed E-state index contributed by atoms with van der Waals surface area (Å²) >= 11 is 0. The molecule has 7 heteroatoms. The summed E-state index contributed by atoms with van der Waals surface area (Å²) in [6.07, 6.45) is 1.35. The predicted octanol–water partition coefficient (Wildman–Crippen LogP) is 1.13. The van der Waals surface area contributed by atoms with Crippen LogP contribution in [0.4, 0.5) is 6.01 Å². The third kappa shape index (κ3) is 3.38.